The molecule has 84 valence electrons. The fourth-order valence-electron chi connectivity index (χ4n) is 2.33. The molecule has 3 rings (SSSR count). The second-order valence-corrected chi connectivity index (χ2v) is 5.29. The highest BCUT2D eigenvalue weighted by atomic mass is 32.1. The maximum atomic E-state index is 4.18. The first-order valence-electron chi connectivity index (χ1n) is 5.64. The third-order valence-corrected chi connectivity index (χ3v) is 4.09. The number of thiophene rings is 1. The zero-order valence-electron chi connectivity index (χ0n) is 9.31. The quantitative estimate of drug-likeness (QED) is 0.864. The third kappa shape index (κ3) is 1.73. The van der Waals surface area contributed by atoms with Gasteiger partial charge in [-0.2, -0.15) is 5.10 Å². The van der Waals surface area contributed by atoms with E-state index in [0.29, 0.717) is 6.04 Å². The predicted molar refractivity (Wildman–Crippen MR) is 66.8 cm³/mol. The van der Waals surface area contributed by atoms with E-state index in [-0.39, 0.29) is 0 Å². The van der Waals surface area contributed by atoms with E-state index in [1.165, 1.54) is 24.8 Å². The maximum Gasteiger partial charge on any atom is 0.0731 e. The molecule has 2 heterocycles. The molecule has 0 aromatic carbocycles. The lowest BCUT2D eigenvalue weighted by atomic mass is 9.94. The largest absolute Gasteiger partial charge is 0.376 e. The lowest BCUT2D eigenvalue weighted by molar-refractivity contribution is 0.609. The molecule has 2 aromatic rings. The highest BCUT2D eigenvalue weighted by molar-refractivity contribution is 7.10. The van der Waals surface area contributed by atoms with Crippen LogP contribution in [0.25, 0.3) is 0 Å². The van der Waals surface area contributed by atoms with Crippen LogP contribution in [0.4, 0.5) is 5.69 Å². The van der Waals surface area contributed by atoms with Crippen LogP contribution in [0, 0.1) is 0 Å². The Kier molecular flexibility index (Phi) is 2.44. The van der Waals surface area contributed by atoms with E-state index in [1.807, 2.05) is 35.5 Å². The monoisotopic (exact) mass is 233 g/mol. The van der Waals surface area contributed by atoms with Crippen molar-refractivity contribution >= 4 is 17.0 Å². The van der Waals surface area contributed by atoms with Gasteiger partial charge in [0.05, 0.1) is 17.9 Å². The summed E-state index contributed by atoms with van der Waals surface area (Å²) in [6.45, 7) is 0. The highest BCUT2D eigenvalue weighted by Crippen LogP contribution is 2.35. The van der Waals surface area contributed by atoms with Crippen LogP contribution in [-0.4, -0.2) is 9.78 Å². The zero-order chi connectivity index (χ0) is 11.0. The second kappa shape index (κ2) is 3.94. The number of anilines is 1. The van der Waals surface area contributed by atoms with Crippen molar-refractivity contribution < 1.29 is 0 Å². The van der Waals surface area contributed by atoms with Gasteiger partial charge in [0.1, 0.15) is 0 Å². The van der Waals surface area contributed by atoms with Gasteiger partial charge in [0.2, 0.25) is 0 Å². The topological polar surface area (TPSA) is 29.9 Å². The number of hydrogen-bond acceptors (Lipinski definition) is 3. The molecule has 0 radical (unpaired) electrons. The summed E-state index contributed by atoms with van der Waals surface area (Å²) >= 11 is 1.88. The molecule has 2 aromatic heterocycles. The van der Waals surface area contributed by atoms with Gasteiger partial charge >= 0.3 is 0 Å². The second-order valence-electron chi connectivity index (χ2n) is 4.29. The van der Waals surface area contributed by atoms with Crippen LogP contribution in [0.2, 0.25) is 0 Å². The van der Waals surface area contributed by atoms with Gasteiger partial charge in [0.25, 0.3) is 0 Å². The summed E-state index contributed by atoms with van der Waals surface area (Å²) in [4.78, 5) is 1.55. The number of nitrogens with zero attached hydrogens (tertiary/aromatic N) is 2. The molecule has 0 saturated heterocycles. The van der Waals surface area contributed by atoms with Crippen molar-refractivity contribution in [2.45, 2.75) is 25.3 Å². The summed E-state index contributed by atoms with van der Waals surface area (Å²) in [6.07, 6.45) is 7.67. The summed E-state index contributed by atoms with van der Waals surface area (Å²) in [6, 6.07) is 2.73. The van der Waals surface area contributed by atoms with E-state index in [1.54, 1.807) is 4.88 Å². The summed E-state index contributed by atoms with van der Waals surface area (Å²) in [5.41, 5.74) is 2.60. The Balaban J connectivity index is 1.82. The van der Waals surface area contributed by atoms with Crippen molar-refractivity contribution in [3.05, 3.63) is 34.3 Å². The van der Waals surface area contributed by atoms with Crippen LogP contribution in [0.3, 0.4) is 0 Å². The van der Waals surface area contributed by atoms with Gasteiger partial charge in [-0.05, 0) is 36.3 Å². The van der Waals surface area contributed by atoms with Crippen LogP contribution in [0.1, 0.15) is 29.3 Å². The predicted octanol–water partition coefficient (Wildman–Crippen LogP) is 2.97. The van der Waals surface area contributed by atoms with Crippen LogP contribution in [0.5, 0.6) is 0 Å². The molecule has 1 N–H and O–H groups in total. The minimum Gasteiger partial charge on any atom is -0.376 e. The van der Waals surface area contributed by atoms with Gasteiger partial charge in [0.15, 0.2) is 0 Å². The van der Waals surface area contributed by atoms with Crippen molar-refractivity contribution in [2.75, 3.05) is 5.32 Å². The molecule has 1 aliphatic carbocycles. The Morgan fingerprint density at radius 1 is 1.56 bits per heavy atom. The smallest absolute Gasteiger partial charge is 0.0731 e. The van der Waals surface area contributed by atoms with E-state index in [4.69, 9.17) is 0 Å². The number of hydrogen-bond donors (Lipinski definition) is 1. The molecule has 0 amide bonds. The van der Waals surface area contributed by atoms with Gasteiger partial charge < -0.3 is 5.32 Å². The Bertz CT molecular complexity index is 486. The van der Waals surface area contributed by atoms with Crippen molar-refractivity contribution in [2.24, 2.45) is 7.05 Å². The highest BCUT2D eigenvalue weighted by Gasteiger charge is 2.21. The first-order chi connectivity index (χ1) is 7.83. The molecule has 1 unspecified atom stereocenters. The molecule has 16 heavy (non-hydrogen) atoms. The molecule has 1 atom stereocenters. The molecule has 0 bridgehead atoms. The molecule has 4 heteroatoms. The van der Waals surface area contributed by atoms with Crippen molar-refractivity contribution in [3.8, 4) is 0 Å². The Morgan fingerprint density at radius 2 is 2.50 bits per heavy atom. The molecule has 0 fully saturated rings. The van der Waals surface area contributed by atoms with Gasteiger partial charge in [-0.15, -0.1) is 11.3 Å². The first-order valence-corrected chi connectivity index (χ1v) is 6.52. The summed E-state index contributed by atoms with van der Waals surface area (Å²) in [5, 5.41) is 9.95. The molecule has 0 saturated carbocycles. The van der Waals surface area contributed by atoms with E-state index in [9.17, 15) is 0 Å². The fourth-order valence-corrected chi connectivity index (χ4v) is 3.32. The molecular weight excluding hydrogens is 218 g/mol. The van der Waals surface area contributed by atoms with Gasteiger partial charge in [-0.3, -0.25) is 4.68 Å². The normalized spacial score (nSPS) is 19.4. The first kappa shape index (κ1) is 9.90. The minimum atomic E-state index is 0.471. The third-order valence-electron chi connectivity index (χ3n) is 3.10. The summed E-state index contributed by atoms with van der Waals surface area (Å²) < 4.78 is 1.83. The summed E-state index contributed by atoms with van der Waals surface area (Å²) in [5.74, 6) is 0. The molecule has 0 aliphatic heterocycles. The SMILES string of the molecule is Cn1cc(NC2CCCc3sccc32)cn1. The lowest BCUT2D eigenvalue weighted by Gasteiger charge is -2.23. The number of aryl methyl sites for hydroxylation is 2. The number of fused-ring (bicyclic) bond motifs is 1. The Hall–Kier alpha value is -1.29. The molecular formula is C12H15N3S. The van der Waals surface area contributed by atoms with E-state index < -0.39 is 0 Å². The Labute approximate surface area is 99.1 Å². The van der Waals surface area contributed by atoms with Gasteiger partial charge in [-0.1, -0.05) is 0 Å². The fraction of sp³-hybridized carbons (Fsp3) is 0.417. The van der Waals surface area contributed by atoms with E-state index in [0.717, 1.165) is 5.69 Å². The molecule has 3 nitrogen and oxygen atoms in total. The maximum absolute atomic E-state index is 4.18. The van der Waals surface area contributed by atoms with E-state index in [2.05, 4.69) is 21.9 Å². The Morgan fingerprint density at radius 3 is 3.31 bits per heavy atom. The molecule has 0 spiro atoms. The number of nitrogens with one attached hydrogen (secondary N) is 1. The van der Waals surface area contributed by atoms with Crippen molar-refractivity contribution in [3.63, 3.8) is 0 Å². The van der Waals surface area contributed by atoms with Crippen LogP contribution < -0.4 is 5.32 Å². The van der Waals surface area contributed by atoms with Crippen molar-refractivity contribution in [1.29, 1.82) is 0 Å². The average Bonchev–Trinajstić information content (AvgIpc) is 2.87. The van der Waals surface area contributed by atoms with Crippen molar-refractivity contribution in [1.82, 2.24) is 9.78 Å². The molecule has 1 aliphatic rings. The lowest BCUT2D eigenvalue weighted by Crippen LogP contribution is -2.15. The number of aromatic nitrogens is 2. The average molecular weight is 233 g/mol. The van der Waals surface area contributed by atoms with Gasteiger partial charge in [0, 0.05) is 18.1 Å². The van der Waals surface area contributed by atoms with Gasteiger partial charge in [-0.25, -0.2) is 0 Å². The van der Waals surface area contributed by atoms with Crippen LogP contribution in [0.15, 0.2) is 23.8 Å². The van der Waals surface area contributed by atoms with Crippen LogP contribution in [-0.2, 0) is 13.5 Å². The standard InChI is InChI=1S/C12H15N3S/c1-15-8-9(7-13-15)14-11-3-2-4-12-10(11)5-6-16-12/h5-8,11,14H,2-4H2,1H3. The van der Waals surface area contributed by atoms with Crippen LogP contribution >= 0.6 is 11.3 Å². The number of rotatable bonds is 2. The van der Waals surface area contributed by atoms with E-state index >= 15 is 0 Å². The minimum absolute atomic E-state index is 0.471. The summed E-state index contributed by atoms with van der Waals surface area (Å²) in [7, 11) is 1.95. The zero-order valence-corrected chi connectivity index (χ0v) is 10.1.